The summed E-state index contributed by atoms with van der Waals surface area (Å²) in [6.45, 7) is 2.25. The zero-order valence-electron chi connectivity index (χ0n) is 27.5. The van der Waals surface area contributed by atoms with Crippen LogP contribution in [0.15, 0.2) is 155 Å². The molecule has 2 aromatic heterocycles. The zero-order valence-corrected chi connectivity index (χ0v) is 27.5. The number of aromatic nitrogens is 6. The molecule has 7 aromatic rings. The molecule has 0 saturated heterocycles. The van der Waals surface area contributed by atoms with E-state index in [0.29, 0.717) is 17.9 Å². The van der Waals surface area contributed by atoms with E-state index in [-0.39, 0.29) is 17.8 Å². The minimum Gasteiger partial charge on any atom is -0.293 e. The number of tetrazole rings is 1. The van der Waals surface area contributed by atoms with E-state index >= 15 is 0 Å². The van der Waals surface area contributed by atoms with Crippen LogP contribution in [0.1, 0.15) is 41.3 Å². The Kier molecular flexibility index (Phi) is 8.68. The monoisotopic (exact) mass is 644 g/mol. The molecular weight excluding hydrogens is 608 g/mol. The first-order valence-corrected chi connectivity index (χ1v) is 16.5. The van der Waals surface area contributed by atoms with Crippen LogP contribution < -0.4 is 11.2 Å². The lowest BCUT2D eigenvalue weighted by Crippen LogP contribution is -2.40. The second-order valence-corrected chi connectivity index (χ2v) is 12.1. The van der Waals surface area contributed by atoms with Crippen molar-refractivity contribution >= 4 is 0 Å². The van der Waals surface area contributed by atoms with Gasteiger partial charge in [-0.1, -0.05) is 153 Å². The summed E-state index contributed by atoms with van der Waals surface area (Å²) in [6.07, 6.45) is 1.37. The lowest BCUT2D eigenvalue weighted by Gasteiger charge is -2.36. The number of hydrogen-bond acceptors (Lipinski definition) is 5. The second kappa shape index (κ2) is 13.5. The molecule has 7 rings (SSSR count). The highest BCUT2D eigenvalue weighted by Crippen LogP contribution is 2.43. The van der Waals surface area contributed by atoms with E-state index in [4.69, 9.17) is 10.3 Å². The van der Waals surface area contributed by atoms with Crippen molar-refractivity contribution in [2.24, 2.45) is 7.05 Å². The van der Waals surface area contributed by atoms with Crippen LogP contribution in [-0.2, 0) is 25.6 Å². The van der Waals surface area contributed by atoms with Crippen molar-refractivity contribution in [3.8, 4) is 22.5 Å². The van der Waals surface area contributed by atoms with E-state index in [9.17, 15) is 9.59 Å². The standard InChI is InChI=1S/C41H36N6O2/c1-3-17-34-28-38(48)45(2)40(49)46(34)29-37-35(30-18-8-4-9-19-30)26-16-27-36(37)39-42-43-44-47(39)41(31-20-10-5-11-21-31,32-22-12-6-13-23-32)33-24-14-7-15-25-33/h4-16,18-28H,3,17,29H2,1-2H3. The van der Waals surface area contributed by atoms with Gasteiger partial charge in [-0.15, -0.1) is 5.10 Å². The van der Waals surface area contributed by atoms with Gasteiger partial charge in [0.25, 0.3) is 5.56 Å². The molecule has 2 heterocycles. The molecule has 0 aliphatic carbocycles. The van der Waals surface area contributed by atoms with Crippen LogP contribution in [0.2, 0.25) is 0 Å². The quantitative estimate of drug-likeness (QED) is 0.155. The van der Waals surface area contributed by atoms with Crippen molar-refractivity contribution in [1.82, 2.24) is 29.3 Å². The van der Waals surface area contributed by atoms with Gasteiger partial charge in [-0.25, -0.2) is 9.48 Å². The Balaban J connectivity index is 1.56. The second-order valence-electron chi connectivity index (χ2n) is 12.1. The van der Waals surface area contributed by atoms with Crippen LogP contribution >= 0.6 is 0 Å². The van der Waals surface area contributed by atoms with E-state index in [1.807, 2.05) is 96.5 Å². The van der Waals surface area contributed by atoms with Gasteiger partial charge in [0.1, 0.15) is 5.54 Å². The van der Waals surface area contributed by atoms with Gasteiger partial charge in [0, 0.05) is 24.4 Å². The molecule has 0 radical (unpaired) electrons. The van der Waals surface area contributed by atoms with Crippen LogP contribution in [0.25, 0.3) is 22.5 Å². The van der Waals surface area contributed by atoms with Gasteiger partial charge in [0.2, 0.25) is 0 Å². The zero-order chi connectivity index (χ0) is 33.8. The van der Waals surface area contributed by atoms with E-state index in [0.717, 1.165) is 45.4 Å². The van der Waals surface area contributed by atoms with Crippen LogP contribution in [0.5, 0.6) is 0 Å². The minimum absolute atomic E-state index is 0.213. The molecule has 49 heavy (non-hydrogen) atoms. The molecule has 0 atom stereocenters. The SMILES string of the molecule is CCCc1cc(=O)n(C)c(=O)n1Cc1c(-c2ccccc2)cccc1-c1nnnn1C(c1ccccc1)(c1ccccc1)c1ccccc1. The van der Waals surface area contributed by atoms with Crippen molar-refractivity contribution in [3.63, 3.8) is 0 Å². The first kappa shape index (κ1) is 31.4. The molecule has 0 spiro atoms. The number of rotatable bonds is 10. The normalized spacial score (nSPS) is 11.5. The van der Waals surface area contributed by atoms with Crippen molar-refractivity contribution in [2.75, 3.05) is 0 Å². The molecule has 0 bridgehead atoms. The summed E-state index contributed by atoms with van der Waals surface area (Å²) in [5.74, 6) is 0.541. The van der Waals surface area contributed by atoms with Gasteiger partial charge >= 0.3 is 5.69 Å². The highest BCUT2D eigenvalue weighted by atomic mass is 16.2. The van der Waals surface area contributed by atoms with Gasteiger partial charge in [0.15, 0.2) is 5.82 Å². The van der Waals surface area contributed by atoms with E-state index in [1.54, 1.807) is 10.6 Å². The summed E-state index contributed by atoms with van der Waals surface area (Å²) in [6, 6.07) is 48.6. The lowest BCUT2D eigenvalue weighted by molar-refractivity contribution is 0.451. The Morgan fingerprint density at radius 2 is 1.18 bits per heavy atom. The van der Waals surface area contributed by atoms with Gasteiger partial charge in [0.05, 0.1) is 6.54 Å². The van der Waals surface area contributed by atoms with Gasteiger partial charge in [-0.3, -0.25) is 13.9 Å². The minimum atomic E-state index is -0.955. The Bertz CT molecular complexity index is 2220. The Labute approximate surface area is 284 Å². The Hall–Kier alpha value is -6.15. The molecule has 0 unspecified atom stereocenters. The maximum atomic E-state index is 13.8. The van der Waals surface area contributed by atoms with Crippen molar-refractivity contribution in [3.05, 3.63) is 194 Å². The van der Waals surface area contributed by atoms with E-state index in [1.165, 1.54) is 11.6 Å². The molecular formula is C41H36N6O2. The van der Waals surface area contributed by atoms with Gasteiger partial charge in [-0.2, -0.15) is 0 Å². The molecule has 0 aliphatic rings. The third-order valence-electron chi connectivity index (χ3n) is 9.17. The van der Waals surface area contributed by atoms with Crippen molar-refractivity contribution in [2.45, 2.75) is 31.8 Å². The first-order chi connectivity index (χ1) is 24.0. The predicted molar refractivity (Wildman–Crippen MR) is 192 cm³/mol. The summed E-state index contributed by atoms with van der Waals surface area (Å²) >= 11 is 0. The Morgan fingerprint density at radius 3 is 1.73 bits per heavy atom. The maximum absolute atomic E-state index is 13.8. The van der Waals surface area contributed by atoms with Crippen LogP contribution in [0, 0.1) is 0 Å². The largest absolute Gasteiger partial charge is 0.331 e. The molecule has 0 N–H and O–H groups in total. The predicted octanol–water partition coefficient (Wildman–Crippen LogP) is 6.71. The molecule has 0 amide bonds. The summed E-state index contributed by atoms with van der Waals surface area (Å²) in [5.41, 5.74) is 5.60. The molecule has 0 aliphatic heterocycles. The number of benzene rings is 5. The highest BCUT2D eigenvalue weighted by molar-refractivity contribution is 5.76. The third kappa shape index (κ3) is 5.61. The van der Waals surface area contributed by atoms with E-state index in [2.05, 4.69) is 59.8 Å². The molecule has 0 fully saturated rings. The molecule has 8 heteroatoms. The maximum Gasteiger partial charge on any atom is 0.331 e. The van der Waals surface area contributed by atoms with Crippen molar-refractivity contribution < 1.29 is 0 Å². The lowest BCUT2D eigenvalue weighted by atomic mass is 9.77. The fraction of sp³-hybridized carbons (Fsp3) is 0.146. The Morgan fingerprint density at radius 1 is 0.653 bits per heavy atom. The van der Waals surface area contributed by atoms with Gasteiger partial charge in [-0.05, 0) is 50.2 Å². The summed E-state index contributed by atoms with van der Waals surface area (Å²) in [4.78, 5) is 26.6. The van der Waals surface area contributed by atoms with Crippen LogP contribution in [-0.4, -0.2) is 29.3 Å². The fourth-order valence-electron chi connectivity index (χ4n) is 6.85. The summed E-state index contributed by atoms with van der Waals surface area (Å²) in [7, 11) is 1.52. The van der Waals surface area contributed by atoms with E-state index < -0.39 is 5.54 Å². The molecule has 8 nitrogen and oxygen atoms in total. The number of nitrogens with zero attached hydrogens (tertiary/aromatic N) is 6. The molecule has 242 valence electrons. The average molecular weight is 645 g/mol. The van der Waals surface area contributed by atoms with Crippen LogP contribution in [0.4, 0.5) is 0 Å². The smallest absolute Gasteiger partial charge is 0.293 e. The number of hydrogen-bond donors (Lipinski definition) is 0. The third-order valence-corrected chi connectivity index (χ3v) is 9.17. The fourth-order valence-corrected chi connectivity index (χ4v) is 6.85. The van der Waals surface area contributed by atoms with Gasteiger partial charge < -0.3 is 0 Å². The molecule has 5 aromatic carbocycles. The average Bonchev–Trinajstić information content (AvgIpc) is 3.64. The topological polar surface area (TPSA) is 87.6 Å². The summed E-state index contributed by atoms with van der Waals surface area (Å²) < 4.78 is 4.79. The first-order valence-electron chi connectivity index (χ1n) is 16.5. The highest BCUT2D eigenvalue weighted by Gasteiger charge is 2.42. The molecule has 0 saturated carbocycles. The van der Waals surface area contributed by atoms with Crippen LogP contribution in [0.3, 0.4) is 0 Å². The summed E-state index contributed by atoms with van der Waals surface area (Å²) in [5, 5.41) is 13.8. The van der Waals surface area contributed by atoms with Crippen molar-refractivity contribution in [1.29, 1.82) is 0 Å². The number of aryl methyl sites for hydroxylation is 1.